The van der Waals surface area contributed by atoms with Crippen LogP contribution in [-0.2, 0) is 0 Å². The van der Waals surface area contributed by atoms with E-state index >= 15 is 0 Å². The topological polar surface area (TPSA) is 63.0 Å². The normalized spacial score (nSPS) is 11.2. The number of nitrogens with one attached hydrogen (secondary N) is 1. The van der Waals surface area contributed by atoms with E-state index in [1.54, 1.807) is 36.5 Å². The average Bonchev–Trinajstić information content (AvgIpc) is 2.82. The van der Waals surface area contributed by atoms with E-state index in [9.17, 15) is 4.79 Å². The van der Waals surface area contributed by atoms with Crippen molar-refractivity contribution in [3.63, 3.8) is 0 Å². The first-order valence-corrected chi connectivity index (χ1v) is 7.05. The summed E-state index contributed by atoms with van der Waals surface area (Å²) in [7, 11) is 0. The Labute approximate surface area is 131 Å². The highest BCUT2D eigenvalue weighted by Gasteiger charge is 2.10. The summed E-state index contributed by atoms with van der Waals surface area (Å²) in [6.45, 7) is 1.83. The fourth-order valence-corrected chi connectivity index (χ4v) is 2.17. The van der Waals surface area contributed by atoms with Gasteiger partial charge in [-0.15, -0.1) is 0 Å². The number of nitrogens with zero attached hydrogens (tertiary/aromatic N) is 3. The minimum Gasteiger partial charge on any atom is -0.295 e. The zero-order valence-electron chi connectivity index (χ0n) is 11.8. The number of aliphatic imine (C=N–C) groups is 1. The summed E-state index contributed by atoms with van der Waals surface area (Å²) in [6.07, 6.45) is 3.19. The van der Waals surface area contributed by atoms with E-state index in [2.05, 4.69) is 15.1 Å². The molecule has 6 heteroatoms. The van der Waals surface area contributed by atoms with Crippen LogP contribution in [0.1, 0.15) is 11.3 Å². The summed E-state index contributed by atoms with van der Waals surface area (Å²) in [4.78, 5) is 20.8. The molecule has 0 aliphatic rings. The number of H-pyrrole nitrogens is 1. The highest BCUT2D eigenvalue weighted by molar-refractivity contribution is 6.30. The third-order valence-corrected chi connectivity index (χ3v) is 3.43. The van der Waals surface area contributed by atoms with Crippen molar-refractivity contribution in [1.82, 2.24) is 14.8 Å². The summed E-state index contributed by atoms with van der Waals surface area (Å²) >= 11 is 5.87. The molecule has 0 saturated heterocycles. The Morgan fingerprint density at radius 2 is 2.00 bits per heavy atom. The van der Waals surface area contributed by atoms with E-state index in [4.69, 9.17) is 11.6 Å². The Morgan fingerprint density at radius 1 is 1.23 bits per heavy atom. The van der Waals surface area contributed by atoms with Gasteiger partial charge >= 0.3 is 0 Å². The van der Waals surface area contributed by atoms with Gasteiger partial charge in [-0.1, -0.05) is 17.7 Å². The summed E-state index contributed by atoms with van der Waals surface area (Å²) < 4.78 is 1.46. The predicted molar refractivity (Wildman–Crippen MR) is 87.6 cm³/mol. The second-order valence-corrected chi connectivity index (χ2v) is 5.15. The smallest absolute Gasteiger partial charge is 0.280 e. The SMILES string of the molecule is Cc1[nH]n(-c2ccc(Cl)cc2)c(=O)c1C=Nc1ccccn1. The standard InChI is InChI=1S/C16H13ClN4O/c1-11-14(10-19-15-4-2-3-9-18-15)16(22)21(20-11)13-7-5-12(17)6-8-13/h2-10,20H,1H3. The number of aromatic amines is 1. The molecule has 0 unspecified atom stereocenters. The minimum absolute atomic E-state index is 0.167. The number of aryl methyl sites for hydroxylation is 1. The molecule has 3 rings (SSSR count). The van der Waals surface area contributed by atoms with Gasteiger partial charge in [-0.25, -0.2) is 14.7 Å². The van der Waals surface area contributed by atoms with Gasteiger partial charge in [-0.3, -0.25) is 9.89 Å². The first-order chi connectivity index (χ1) is 10.6. The fraction of sp³-hybridized carbons (Fsp3) is 0.0625. The van der Waals surface area contributed by atoms with Gasteiger partial charge in [0.05, 0.1) is 11.3 Å². The van der Waals surface area contributed by atoms with Gasteiger partial charge in [-0.2, -0.15) is 0 Å². The van der Waals surface area contributed by atoms with Crippen LogP contribution in [-0.4, -0.2) is 21.0 Å². The molecule has 0 atom stereocenters. The van der Waals surface area contributed by atoms with Gasteiger partial charge < -0.3 is 0 Å². The predicted octanol–water partition coefficient (Wildman–Crippen LogP) is 3.27. The van der Waals surface area contributed by atoms with Crippen LogP contribution in [0.3, 0.4) is 0 Å². The lowest BCUT2D eigenvalue weighted by atomic mass is 10.3. The molecule has 0 amide bonds. The highest BCUT2D eigenvalue weighted by atomic mass is 35.5. The van der Waals surface area contributed by atoms with Gasteiger partial charge in [-0.05, 0) is 43.3 Å². The molecule has 0 aliphatic carbocycles. The number of halogens is 1. The molecule has 0 bridgehead atoms. The number of benzene rings is 1. The van der Waals surface area contributed by atoms with Gasteiger partial charge in [0.15, 0.2) is 5.82 Å². The maximum absolute atomic E-state index is 12.5. The first kappa shape index (κ1) is 14.3. The van der Waals surface area contributed by atoms with Crippen LogP contribution in [0.2, 0.25) is 5.02 Å². The van der Waals surface area contributed by atoms with Crippen molar-refractivity contribution < 1.29 is 0 Å². The van der Waals surface area contributed by atoms with Crippen LogP contribution in [0.15, 0.2) is 58.4 Å². The van der Waals surface area contributed by atoms with Crippen LogP contribution in [0, 0.1) is 6.92 Å². The molecule has 1 N–H and O–H groups in total. The quantitative estimate of drug-likeness (QED) is 0.754. The molecule has 3 aromatic rings. The molecular formula is C16H13ClN4O. The van der Waals surface area contributed by atoms with Crippen molar-refractivity contribution >= 4 is 23.6 Å². The van der Waals surface area contributed by atoms with E-state index in [1.807, 2.05) is 19.1 Å². The molecule has 2 aromatic heterocycles. The van der Waals surface area contributed by atoms with Crippen LogP contribution in [0.4, 0.5) is 5.82 Å². The molecule has 5 nitrogen and oxygen atoms in total. The van der Waals surface area contributed by atoms with Crippen LogP contribution >= 0.6 is 11.6 Å². The second-order valence-electron chi connectivity index (χ2n) is 4.71. The summed E-state index contributed by atoms with van der Waals surface area (Å²) in [5.41, 5.74) is 1.79. The van der Waals surface area contributed by atoms with Crippen LogP contribution in [0.25, 0.3) is 5.69 Å². The molecule has 110 valence electrons. The summed E-state index contributed by atoms with van der Waals surface area (Å²) in [5.74, 6) is 0.556. The third kappa shape index (κ3) is 2.84. The maximum Gasteiger partial charge on any atom is 0.280 e. The zero-order valence-corrected chi connectivity index (χ0v) is 12.6. The van der Waals surface area contributed by atoms with E-state index in [0.717, 1.165) is 11.4 Å². The van der Waals surface area contributed by atoms with Gasteiger partial charge in [0.2, 0.25) is 0 Å². The molecule has 0 fully saturated rings. The van der Waals surface area contributed by atoms with E-state index in [1.165, 1.54) is 10.9 Å². The third-order valence-electron chi connectivity index (χ3n) is 3.18. The maximum atomic E-state index is 12.5. The van der Waals surface area contributed by atoms with Crippen molar-refractivity contribution in [1.29, 1.82) is 0 Å². The van der Waals surface area contributed by atoms with Gasteiger partial charge in [0, 0.05) is 23.1 Å². The van der Waals surface area contributed by atoms with Crippen molar-refractivity contribution in [3.8, 4) is 5.69 Å². The molecule has 22 heavy (non-hydrogen) atoms. The molecular weight excluding hydrogens is 300 g/mol. The minimum atomic E-state index is -0.167. The summed E-state index contributed by atoms with van der Waals surface area (Å²) in [6, 6.07) is 12.5. The van der Waals surface area contributed by atoms with Crippen LogP contribution < -0.4 is 5.56 Å². The molecule has 2 heterocycles. The van der Waals surface area contributed by atoms with E-state index in [0.29, 0.717) is 16.4 Å². The number of hydrogen-bond donors (Lipinski definition) is 1. The van der Waals surface area contributed by atoms with Gasteiger partial charge in [0.1, 0.15) is 0 Å². The van der Waals surface area contributed by atoms with Gasteiger partial charge in [0.25, 0.3) is 5.56 Å². The highest BCUT2D eigenvalue weighted by Crippen LogP contribution is 2.12. The number of aromatic nitrogens is 3. The van der Waals surface area contributed by atoms with Crippen molar-refractivity contribution in [2.75, 3.05) is 0 Å². The molecule has 0 spiro atoms. The average molecular weight is 313 g/mol. The largest absolute Gasteiger partial charge is 0.295 e. The monoisotopic (exact) mass is 312 g/mol. The van der Waals surface area contributed by atoms with Crippen molar-refractivity contribution in [2.45, 2.75) is 6.92 Å². The Bertz CT molecular complexity index is 863. The first-order valence-electron chi connectivity index (χ1n) is 6.68. The fourth-order valence-electron chi connectivity index (χ4n) is 2.04. The Hall–Kier alpha value is -2.66. The lowest BCUT2D eigenvalue weighted by molar-refractivity contribution is 0.835. The lowest BCUT2D eigenvalue weighted by Gasteiger charge is -2.00. The molecule has 0 radical (unpaired) electrons. The zero-order chi connectivity index (χ0) is 15.5. The Kier molecular flexibility index (Phi) is 3.89. The van der Waals surface area contributed by atoms with Crippen molar-refractivity contribution in [3.05, 3.63) is 75.3 Å². The molecule has 0 saturated carbocycles. The number of pyridine rings is 1. The molecule has 1 aromatic carbocycles. The Balaban J connectivity index is 1.99. The van der Waals surface area contributed by atoms with Crippen LogP contribution in [0.5, 0.6) is 0 Å². The molecule has 0 aliphatic heterocycles. The Morgan fingerprint density at radius 3 is 2.68 bits per heavy atom. The lowest BCUT2D eigenvalue weighted by Crippen LogP contribution is -2.17. The second kappa shape index (κ2) is 5.99. The van der Waals surface area contributed by atoms with Crippen molar-refractivity contribution in [2.24, 2.45) is 4.99 Å². The van der Waals surface area contributed by atoms with E-state index < -0.39 is 0 Å². The number of hydrogen-bond acceptors (Lipinski definition) is 3. The van der Waals surface area contributed by atoms with E-state index in [-0.39, 0.29) is 5.56 Å². The number of rotatable bonds is 3. The summed E-state index contributed by atoms with van der Waals surface area (Å²) in [5, 5.41) is 3.66.